The highest BCUT2D eigenvalue weighted by Gasteiger charge is 2.28. The lowest BCUT2D eigenvalue weighted by atomic mass is 10.1. The predicted octanol–water partition coefficient (Wildman–Crippen LogP) is 0.421. The Balaban J connectivity index is 1.95. The van der Waals surface area contributed by atoms with Gasteiger partial charge < -0.3 is 25.6 Å². The molecule has 0 spiro atoms. The molecule has 126 valence electrons. The lowest BCUT2D eigenvalue weighted by Crippen LogP contribution is -2.44. The number of carbonyl (C=O) groups is 1. The van der Waals surface area contributed by atoms with Crippen molar-refractivity contribution in [2.75, 3.05) is 36.8 Å². The molecule has 1 aliphatic heterocycles. The first-order valence-corrected chi connectivity index (χ1v) is 8.10. The number of carboxylic acids is 1. The zero-order valence-electron chi connectivity index (χ0n) is 13.2. The number of nitrogens with one attached hydrogen (secondary N) is 1. The zero-order valence-corrected chi connectivity index (χ0v) is 13.2. The first-order chi connectivity index (χ1) is 11.6. The molecule has 8 heteroatoms. The van der Waals surface area contributed by atoms with Crippen molar-refractivity contribution in [2.24, 2.45) is 0 Å². The summed E-state index contributed by atoms with van der Waals surface area (Å²) < 4.78 is 1.82. The third kappa shape index (κ3) is 2.39. The van der Waals surface area contributed by atoms with Gasteiger partial charge >= 0.3 is 5.97 Å². The van der Waals surface area contributed by atoms with E-state index in [4.69, 9.17) is 5.73 Å². The second kappa shape index (κ2) is 5.48. The molecule has 2 aromatic rings. The molecule has 2 fully saturated rings. The minimum Gasteiger partial charge on any atom is -0.477 e. The Morgan fingerprint density at radius 2 is 2.04 bits per heavy atom. The summed E-state index contributed by atoms with van der Waals surface area (Å²) in [4.78, 5) is 30.6. The van der Waals surface area contributed by atoms with Gasteiger partial charge in [-0.25, -0.2) is 9.78 Å². The number of hydrogen-bond acceptors (Lipinski definition) is 6. The first-order valence-electron chi connectivity index (χ1n) is 8.10. The van der Waals surface area contributed by atoms with Crippen molar-refractivity contribution in [3.63, 3.8) is 0 Å². The normalized spacial score (nSPS) is 18.1. The molecule has 1 aliphatic carbocycles. The van der Waals surface area contributed by atoms with E-state index in [1.807, 2.05) is 4.57 Å². The van der Waals surface area contributed by atoms with Crippen LogP contribution in [0, 0.1) is 0 Å². The molecule has 0 bridgehead atoms. The van der Waals surface area contributed by atoms with Gasteiger partial charge in [-0.05, 0) is 18.9 Å². The minimum absolute atomic E-state index is 0.207. The highest BCUT2D eigenvalue weighted by atomic mass is 16.4. The summed E-state index contributed by atoms with van der Waals surface area (Å²) in [6.07, 6.45) is 3.35. The average molecular weight is 329 g/mol. The van der Waals surface area contributed by atoms with Gasteiger partial charge in [-0.1, -0.05) is 0 Å². The minimum atomic E-state index is -1.22. The summed E-state index contributed by atoms with van der Waals surface area (Å²) in [5.41, 5.74) is 6.31. The van der Waals surface area contributed by atoms with Crippen molar-refractivity contribution in [1.82, 2.24) is 14.9 Å². The van der Waals surface area contributed by atoms with Crippen LogP contribution in [0.15, 0.2) is 17.1 Å². The SMILES string of the molecule is Nc1cc2c(=O)c(C(=O)O)cn(C3CC3)c2nc1N1CCNCC1. The van der Waals surface area contributed by atoms with E-state index in [0.717, 1.165) is 39.0 Å². The number of nitrogens with two attached hydrogens (primary N) is 1. The third-order valence-corrected chi connectivity index (χ3v) is 4.60. The molecule has 0 unspecified atom stereocenters. The smallest absolute Gasteiger partial charge is 0.341 e. The third-order valence-electron chi connectivity index (χ3n) is 4.60. The topological polar surface area (TPSA) is 113 Å². The molecule has 2 aromatic heterocycles. The maximum atomic E-state index is 12.5. The fourth-order valence-electron chi connectivity index (χ4n) is 3.19. The standard InChI is InChI=1S/C16H19N5O3/c17-12-7-10-13(22)11(16(23)24)8-21(9-1-2-9)14(10)19-15(12)20-5-3-18-4-6-20/h7-9,18H,1-6,17H2,(H,23,24). The molecule has 2 aliphatic rings. The van der Waals surface area contributed by atoms with Gasteiger partial charge in [0.25, 0.3) is 0 Å². The van der Waals surface area contributed by atoms with Gasteiger partial charge in [0, 0.05) is 38.4 Å². The molecule has 4 rings (SSSR count). The van der Waals surface area contributed by atoms with E-state index in [-0.39, 0.29) is 17.0 Å². The van der Waals surface area contributed by atoms with Crippen LogP contribution in [-0.2, 0) is 0 Å². The highest BCUT2D eigenvalue weighted by molar-refractivity contribution is 5.93. The van der Waals surface area contributed by atoms with Crippen LogP contribution >= 0.6 is 0 Å². The molecule has 1 saturated heterocycles. The molecule has 0 radical (unpaired) electrons. The van der Waals surface area contributed by atoms with Gasteiger partial charge in [0.15, 0.2) is 5.82 Å². The lowest BCUT2D eigenvalue weighted by Gasteiger charge is -2.29. The Hall–Kier alpha value is -2.61. The average Bonchev–Trinajstić information content (AvgIpc) is 3.40. The van der Waals surface area contributed by atoms with Crippen LogP contribution in [0.3, 0.4) is 0 Å². The molecular weight excluding hydrogens is 310 g/mol. The van der Waals surface area contributed by atoms with Gasteiger partial charge in [0.2, 0.25) is 5.43 Å². The summed E-state index contributed by atoms with van der Waals surface area (Å²) in [5, 5.41) is 12.9. The molecule has 24 heavy (non-hydrogen) atoms. The Kier molecular flexibility index (Phi) is 3.42. The lowest BCUT2D eigenvalue weighted by molar-refractivity contribution is 0.0695. The summed E-state index contributed by atoms with van der Waals surface area (Å²) in [6, 6.07) is 1.78. The second-order valence-corrected chi connectivity index (χ2v) is 6.32. The summed E-state index contributed by atoms with van der Waals surface area (Å²) in [5.74, 6) is -0.554. The first kappa shape index (κ1) is 14.9. The Morgan fingerprint density at radius 3 is 2.67 bits per heavy atom. The van der Waals surface area contributed by atoms with Crippen molar-refractivity contribution in [3.05, 3.63) is 28.0 Å². The van der Waals surface area contributed by atoms with Crippen molar-refractivity contribution in [2.45, 2.75) is 18.9 Å². The molecule has 8 nitrogen and oxygen atoms in total. The van der Waals surface area contributed by atoms with E-state index in [9.17, 15) is 14.7 Å². The maximum absolute atomic E-state index is 12.5. The van der Waals surface area contributed by atoms with E-state index < -0.39 is 11.4 Å². The predicted molar refractivity (Wildman–Crippen MR) is 90.7 cm³/mol. The van der Waals surface area contributed by atoms with Gasteiger partial charge in [-0.15, -0.1) is 0 Å². The fourth-order valence-corrected chi connectivity index (χ4v) is 3.19. The van der Waals surface area contributed by atoms with E-state index in [1.165, 1.54) is 6.20 Å². The van der Waals surface area contributed by atoms with Crippen molar-refractivity contribution in [1.29, 1.82) is 0 Å². The van der Waals surface area contributed by atoms with Crippen LogP contribution in [0.5, 0.6) is 0 Å². The molecule has 1 saturated carbocycles. The van der Waals surface area contributed by atoms with Gasteiger partial charge in [0.1, 0.15) is 11.2 Å². The Bertz CT molecular complexity index is 881. The quantitative estimate of drug-likeness (QED) is 0.748. The highest BCUT2D eigenvalue weighted by Crippen LogP contribution is 2.37. The summed E-state index contributed by atoms with van der Waals surface area (Å²) in [6.45, 7) is 3.30. The van der Waals surface area contributed by atoms with Crippen LogP contribution in [0.4, 0.5) is 11.5 Å². The Labute approximate surface area is 137 Å². The largest absolute Gasteiger partial charge is 0.477 e. The van der Waals surface area contributed by atoms with Crippen molar-refractivity contribution < 1.29 is 9.90 Å². The van der Waals surface area contributed by atoms with Crippen LogP contribution in [0.25, 0.3) is 11.0 Å². The molecule has 3 heterocycles. The molecule has 4 N–H and O–H groups in total. The van der Waals surface area contributed by atoms with E-state index >= 15 is 0 Å². The second-order valence-electron chi connectivity index (χ2n) is 6.32. The molecule has 0 amide bonds. The number of fused-ring (bicyclic) bond motifs is 1. The van der Waals surface area contributed by atoms with Gasteiger partial charge in [0.05, 0.1) is 11.1 Å². The summed E-state index contributed by atoms with van der Waals surface area (Å²) in [7, 11) is 0. The molecule has 0 atom stereocenters. The van der Waals surface area contributed by atoms with Gasteiger partial charge in [-0.2, -0.15) is 0 Å². The molecule has 0 aromatic carbocycles. The number of rotatable bonds is 3. The number of pyridine rings is 2. The van der Waals surface area contributed by atoms with E-state index in [0.29, 0.717) is 17.2 Å². The van der Waals surface area contributed by atoms with Crippen molar-refractivity contribution in [3.8, 4) is 0 Å². The summed E-state index contributed by atoms with van der Waals surface area (Å²) >= 11 is 0. The van der Waals surface area contributed by atoms with Crippen LogP contribution < -0.4 is 21.4 Å². The Morgan fingerprint density at radius 1 is 1.33 bits per heavy atom. The van der Waals surface area contributed by atoms with Crippen LogP contribution in [0.1, 0.15) is 29.2 Å². The number of hydrogen-bond donors (Lipinski definition) is 3. The van der Waals surface area contributed by atoms with Gasteiger partial charge in [-0.3, -0.25) is 4.79 Å². The number of nitrogen functional groups attached to an aromatic ring is 1. The van der Waals surface area contributed by atoms with Crippen LogP contribution in [0.2, 0.25) is 0 Å². The maximum Gasteiger partial charge on any atom is 0.341 e. The number of aromatic carboxylic acids is 1. The fraction of sp³-hybridized carbons (Fsp3) is 0.438. The number of aromatic nitrogens is 2. The monoisotopic (exact) mass is 329 g/mol. The number of anilines is 2. The van der Waals surface area contributed by atoms with E-state index in [1.54, 1.807) is 6.07 Å². The zero-order chi connectivity index (χ0) is 16.8. The number of carboxylic acid groups (broad SMARTS) is 1. The number of nitrogens with zero attached hydrogens (tertiary/aromatic N) is 3. The molecular formula is C16H19N5O3. The van der Waals surface area contributed by atoms with E-state index in [2.05, 4.69) is 15.2 Å². The van der Waals surface area contributed by atoms with Crippen LogP contribution in [-0.4, -0.2) is 46.8 Å². The van der Waals surface area contributed by atoms with Crippen molar-refractivity contribution >= 4 is 28.5 Å². The number of piperazine rings is 1.